The second-order valence-electron chi connectivity index (χ2n) is 4.26. The van der Waals surface area contributed by atoms with Crippen molar-refractivity contribution >= 4 is 11.6 Å². The highest BCUT2D eigenvalue weighted by molar-refractivity contribution is 5.92. The molecule has 0 bridgehead atoms. The molecule has 106 valence electrons. The second kappa shape index (κ2) is 7.06. The van der Waals surface area contributed by atoms with Gasteiger partial charge in [-0.05, 0) is 24.3 Å². The Morgan fingerprint density at radius 3 is 2.81 bits per heavy atom. The summed E-state index contributed by atoms with van der Waals surface area (Å²) in [6, 6.07) is 14.5. The third-order valence-corrected chi connectivity index (χ3v) is 2.72. The van der Waals surface area contributed by atoms with E-state index in [1.165, 1.54) is 18.2 Å². The number of benzene rings is 2. The fourth-order valence-electron chi connectivity index (χ4n) is 1.72. The molecule has 0 aromatic heterocycles. The first-order valence-electron chi connectivity index (χ1n) is 6.36. The molecular weight excluding hydrogens is 271 g/mol. The predicted molar refractivity (Wildman–Crippen MR) is 76.3 cm³/mol. The molecule has 2 aromatic carbocycles. The Morgan fingerprint density at radius 2 is 2.05 bits per heavy atom. The average Bonchev–Trinajstić information content (AvgIpc) is 2.48. The first kappa shape index (κ1) is 14.5. The monoisotopic (exact) mass is 284 g/mol. The van der Waals surface area contributed by atoms with E-state index in [2.05, 4.69) is 5.32 Å². The number of carbonyl (C=O) groups is 1. The molecule has 0 aliphatic rings. The molecule has 0 spiro atoms. The molecule has 2 aromatic rings. The maximum atomic E-state index is 12.9. The SMILES string of the molecule is N#Cc1ccccc1NC(=O)CCOc1cccc(F)c1. The lowest BCUT2D eigenvalue weighted by atomic mass is 10.2. The fourth-order valence-corrected chi connectivity index (χ4v) is 1.72. The van der Waals surface area contributed by atoms with Gasteiger partial charge in [0, 0.05) is 6.07 Å². The van der Waals surface area contributed by atoms with E-state index in [0.29, 0.717) is 17.0 Å². The lowest BCUT2D eigenvalue weighted by molar-refractivity contribution is -0.116. The van der Waals surface area contributed by atoms with E-state index in [1.807, 2.05) is 6.07 Å². The van der Waals surface area contributed by atoms with Gasteiger partial charge in [0.25, 0.3) is 0 Å². The normalized spacial score (nSPS) is 9.71. The van der Waals surface area contributed by atoms with E-state index in [9.17, 15) is 9.18 Å². The van der Waals surface area contributed by atoms with Crippen LogP contribution in [-0.4, -0.2) is 12.5 Å². The quantitative estimate of drug-likeness (QED) is 0.917. The van der Waals surface area contributed by atoms with Crippen LogP contribution in [0, 0.1) is 17.1 Å². The Balaban J connectivity index is 1.84. The number of para-hydroxylation sites is 1. The van der Waals surface area contributed by atoms with Crippen LogP contribution in [0.25, 0.3) is 0 Å². The van der Waals surface area contributed by atoms with Crippen molar-refractivity contribution in [3.8, 4) is 11.8 Å². The van der Waals surface area contributed by atoms with E-state index in [0.717, 1.165) is 0 Å². The molecule has 21 heavy (non-hydrogen) atoms. The number of amides is 1. The van der Waals surface area contributed by atoms with Crippen LogP contribution >= 0.6 is 0 Å². The van der Waals surface area contributed by atoms with Gasteiger partial charge >= 0.3 is 0 Å². The fraction of sp³-hybridized carbons (Fsp3) is 0.125. The Labute approximate surface area is 121 Å². The molecule has 0 aliphatic heterocycles. The summed E-state index contributed by atoms with van der Waals surface area (Å²) < 4.78 is 18.2. The van der Waals surface area contributed by atoms with Crippen LogP contribution in [0.1, 0.15) is 12.0 Å². The van der Waals surface area contributed by atoms with Gasteiger partial charge in [0.2, 0.25) is 5.91 Å². The minimum absolute atomic E-state index is 0.107. The third kappa shape index (κ3) is 4.32. The summed E-state index contributed by atoms with van der Waals surface area (Å²) >= 11 is 0. The first-order chi connectivity index (χ1) is 10.2. The van der Waals surface area contributed by atoms with Crippen LogP contribution in [0.4, 0.5) is 10.1 Å². The molecule has 1 amide bonds. The van der Waals surface area contributed by atoms with Crippen molar-refractivity contribution in [2.45, 2.75) is 6.42 Å². The summed E-state index contributed by atoms with van der Waals surface area (Å²) in [7, 11) is 0. The zero-order valence-electron chi connectivity index (χ0n) is 11.2. The molecule has 0 saturated heterocycles. The van der Waals surface area contributed by atoms with Crippen molar-refractivity contribution in [1.82, 2.24) is 0 Å². The van der Waals surface area contributed by atoms with Gasteiger partial charge in [0.05, 0.1) is 24.3 Å². The van der Waals surface area contributed by atoms with Gasteiger partial charge in [-0.25, -0.2) is 4.39 Å². The molecular formula is C16H13FN2O2. The average molecular weight is 284 g/mol. The number of ether oxygens (including phenoxy) is 1. The number of hydrogen-bond donors (Lipinski definition) is 1. The van der Waals surface area contributed by atoms with Gasteiger partial charge in [-0.15, -0.1) is 0 Å². The second-order valence-corrected chi connectivity index (χ2v) is 4.26. The zero-order valence-corrected chi connectivity index (χ0v) is 11.2. The Bertz CT molecular complexity index is 680. The summed E-state index contributed by atoms with van der Waals surface area (Å²) in [4.78, 5) is 11.8. The van der Waals surface area contributed by atoms with Crippen molar-refractivity contribution in [2.75, 3.05) is 11.9 Å². The Hall–Kier alpha value is -2.87. The van der Waals surface area contributed by atoms with Crippen molar-refractivity contribution in [3.05, 3.63) is 59.9 Å². The maximum absolute atomic E-state index is 12.9. The van der Waals surface area contributed by atoms with E-state index in [4.69, 9.17) is 10.00 Å². The first-order valence-corrected chi connectivity index (χ1v) is 6.36. The van der Waals surface area contributed by atoms with Crippen LogP contribution in [0.2, 0.25) is 0 Å². The van der Waals surface area contributed by atoms with Crippen molar-refractivity contribution in [2.24, 2.45) is 0 Å². The van der Waals surface area contributed by atoms with Crippen LogP contribution in [0.5, 0.6) is 5.75 Å². The van der Waals surface area contributed by atoms with Crippen molar-refractivity contribution in [1.29, 1.82) is 5.26 Å². The summed E-state index contributed by atoms with van der Waals surface area (Å²) in [5.74, 6) is -0.283. The van der Waals surface area contributed by atoms with Gasteiger partial charge in [0.1, 0.15) is 17.6 Å². The van der Waals surface area contributed by atoms with Crippen molar-refractivity contribution in [3.63, 3.8) is 0 Å². The highest BCUT2D eigenvalue weighted by Crippen LogP contribution is 2.14. The molecule has 2 rings (SSSR count). The molecule has 0 atom stereocenters. The number of anilines is 1. The zero-order chi connectivity index (χ0) is 15.1. The number of carbonyl (C=O) groups excluding carboxylic acids is 1. The van der Waals surface area contributed by atoms with Gasteiger partial charge in [-0.2, -0.15) is 5.26 Å². The number of nitrogens with zero attached hydrogens (tertiary/aromatic N) is 1. The maximum Gasteiger partial charge on any atom is 0.227 e. The highest BCUT2D eigenvalue weighted by Gasteiger charge is 2.06. The van der Waals surface area contributed by atoms with Gasteiger partial charge in [-0.3, -0.25) is 4.79 Å². The Kier molecular flexibility index (Phi) is 4.89. The summed E-state index contributed by atoms with van der Waals surface area (Å²) in [5.41, 5.74) is 0.868. The number of nitriles is 1. The topological polar surface area (TPSA) is 62.1 Å². The third-order valence-electron chi connectivity index (χ3n) is 2.72. The lowest BCUT2D eigenvalue weighted by Gasteiger charge is -2.08. The predicted octanol–water partition coefficient (Wildman–Crippen LogP) is 3.10. The lowest BCUT2D eigenvalue weighted by Crippen LogP contribution is -2.15. The molecule has 0 radical (unpaired) electrons. The number of hydrogen-bond acceptors (Lipinski definition) is 3. The van der Waals surface area contributed by atoms with Crippen LogP contribution < -0.4 is 10.1 Å². The van der Waals surface area contributed by atoms with Crippen LogP contribution in [0.15, 0.2) is 48.5 Å². The molecule has 1 N–H and O–H groups in total. The number of nitrogens with one attached hydrogen (secondary N) is 1. The van der Waals surface area contributed by atoms with E-state index in [1.54, 1.807) is 30.3 Å². The molecule has 5 heteroatoms. The van der Waals surface area contributed by atoms with Crippen LogP contribution in [0.3, 0.4) is 0 Å². The molecule has 0 fully saturated rings. The molecule has 0 saturated carbocycles. The largest absolute Gasteiger partial charge is 0.493 e. The van der Waals surface area contributed by atoms with E-state index < -0.39 is 0 Å². The summed E-state index contributed by atoms with van der Waals surface area (Å²) in [6.07, 6.45) is 0.107. The number of rotatable bonds is 5. The molecule has 0 unspecified atom stereocenters. The summed E-state index contributed by atoms with van der Waals surface area (Å²) in [5, 5.41) is 11.6. The van der Waals surface area contributed by atoms with Crippen LogP contribution in [-0.2, 0) is 4.79 Å². The number of halogens is 1. The smallest absolute Gasteiger partial charge is 0.227 e. The van der Waals surface area contributed by atoms with Gasteiger partial charge in [0.15, 0.2) is 0 Å². The Morgan fingerprint density at radius 1 is 1.24 bits per heavy atom. The van der Waals surface area contributed by atoms with E-state index >= 15 is 0 Å². The molecule has 0 aliphatic carbocycles. The minimum atomic E-state index is -0.389. The summed E-state index contributed by atoms with van der Waals surface area (Å²) in [6.45, 7) is 0.129. The van der Waals surface area contributed by atoms with Crippen molar-refractivity contribution < 1.29 is 13.9 Å². The van der Waals surface area contributed by atoms with Gasteiger partial charge < -0.3 is 10.1 Å². The standard InChI is InChI=1S/C16H13FN2O2/c17-13-5-3-6-14(10-13)21-9-8-16(20)19-15-7-2-1-4-12(15)11-18/h1-7,10H,8-9H2,(H,19,20). The molecule has 0 heterocycles. The molecule has 4 nitrogen and oxygen atoms in total. The van der Waals surface area contributed by atoms with E-state index in [-0.39, 0.29) is 24.8 Å². The highest BCUT2D eigenvalue weighted by atomic mass is 19.1. The minimum Gasteiger partial charge on any atom is -0.493 e. The van der Waals surface area contributed by atoms with Gasteiger partial charge in [-0.1, -0.05) is 18.2 Å².